The summed E-state index contributed by atoms with van der Waals surface area (Å²) in [4.78, 5) is 12.2. The van der Waals surface area contributed by atoms with Gasteiger partial charge in [0.05, 0.1) is 12.1 Å². The molecule has 1 aliphatic carbocycles. The number of phenols is 1. The number of aliphatic hydroxyl groups excluding tert-OH is 1. The summed E-state index contributed by atoms with van der Waals surface area (Å²) in [6.45, 7) is 0. The quantitative estimate of drug-likeness (QED) is 0.778. The van der Waals surface area contributed by atoms with E-state index in [0.717, 1.165) is 11.1 Å². The SMILES string of the molecule is O=C(N[C@@H]1c2ccccc2C[C@@H]1O)c1ccc(O)cc1. The molecule has 0 spiro atoms. The molecule has 2 aromatic carbocycles. The van der Waals surface area contributed by atoms with Gasteiger partial charge in [-0.25, -0.2) is 0 Å². The first-order valence-electron chi connectivity index (χ1n) is 6.51. The highest BCUT2D eigenvalue weighted by Gasteiger charge is 2.31. The monoisotopic (exact) mass is 269 g/mol. The average molecular weight is 269 g/mol. The number of aromatic hydroxyl groups is 1. The number of benzene rings is 2. The second kappa shape index (κ2) is 4.98. The Balaban J connectivity index is 1.81. The van der Waals surface area contributed by atoms with E-state index >= 15 is 0 Å². The summed E-state index contributed by atoms with van der Waals surface area (Å²) in [5.74, 6) is -0.140. The van der Waals surface area contributed by atoms with Gasteiger partial charge in [0.15, 0.2) is 0 Å². The summed E-state index contributed by atoms with van der Waals surface area (Å²) in [6, 6.07) is 13.4. The summed E-state index contributed by atoms with van der Waals surface area (Å²) < 4.78 is 0. The van der Waals surface area contributed by atoms with Gasteiger partial charge >= 0.3 is 0 Å². The Morgan fingerprint density at radius 3 is 2.55 bits per heavy atom. The van der Waals surface area contributed by atoms with Crippen LogP contribution in [0.5, 0.6) is 5.75 Å². The van der Waals surface area contributed by atoms with Gasteiger partial charge in [-0.2, -0.15) is 0 Å². The first-order chi connectivity index (χ1) is 9.65. The molecule has 0 saturated heterocycles. The molecule has 0 saturated carbocycles. The highest BCUT2D eigenvalue weighted by Crippen LogP contribution is 2.31. The lowest BCUT2D eigenvalue weighted by molar-refractivity contribution is 0.0858. The fraction of sp³-hybridized carbons (Fsp3) is 0.188. The highest BCUT2D eigenvalue weighted by atomic mass is 16.3. The summed E-state index contributed by atoms with van der Waals surface area (Å²) in [5.41, 5.74) is 2.49. The van der Waals surface area contributed by atoms with Crippen LogP contribution < -0.4 is 5.32 Å². The van der Waals surface area contributed by atoms with Crippen LogP contribution in [0, 0.1) is 0 Å². The number of hydrogen-bond acceptors (Lipinski definition) is 3. The minimum atomic E-state index is -0.603. The van der Waals surface area contributed by atoms with E-state index in [2.05, 4.69) is 5.32 Å². The minimum absolute atomic E-state index is 0.118. The standard InChI is InChI=1S/C16H15NO3/c18-12-7-5-10(6-8-12)16(20)17-15-13-4-2-1-3-11(13)9-14(15)19/h1-8,14-15,18-19H,9H2,(H,17,20)/t14-,15+/m0/s1. The van der Waals surface area contributed by atoms with Crippen LogP contribution in [0.4, 0.5) is 0 Å². The zero-order valence-corrected chi connectivity index (χ0v) is 10.8. The Kier molecular flexibility index (Phi) is 3.16. The molecule has 0 aliphatic heterocycles. The normalized spacial score (nSPS) is 20.4. The Morgan fingerprint density at radius 2 is 1.80 bits per heavy atom. The minimum Gasteiger partial charge on any atom is -0.508 e. The summed E-state index contributed by atoms with van der Waals surface area (Å²) in [7, 11) is 0. The van der Waals surface area contributed by atoms with Gasteiger partial charge in [-0.3, -0.25) is 4.79 Å². The predicted molar refractivity (Wildman–Crippen MR) is 74.5 cm³/mol. The van der Waals surface area contributed by atoms with Crippen LogP contribution in [0.3, 0.4) is 0 Å². The lowest BCUT2D eigenvalue weighted by Gasteiger charge is -2.18. The van der Waals surface area contributed by atoms with Crippen molar-refractivity contribution in [1.29, 1.82) is 0 Å². The molecule has 0 heterocycles. The van der Waals surface area contributed by atoms with Crippen molar-refractivity contribution in [2.45, 2.75) is 18.6 Å². The third-order valence-electron chi connectivity index (χ3n) is 3.62. The van der Waals surface area contributed by atoms with Crippen molar-refractivity contribution in [2.75, 3.05) is 0 Å². The van der Waals surface area contributed by atoms with E-state index in [1.165, 1.54) is 12.1 Å². The van der Waals surface area contributed by atoms with Crippen LogP contribution in [-0.4, -0.2) is 22.2 Å². The highest BCUT2D eigenvalue weighted by molar-refractivity contribution is 5.94. The number of phenolic OH excluding ortho intramolecular Hbond substituents is 1. The molecule has 3 rings (SSSR count). The topological polar surface area (TPSA) is 69.6 Å². The number of carbonyl (C=O) groups excluding carboxylic acids is 1. The zero-order valence-electron chi connectivity index (χ0n) is 10.8. The van der Waals surface area contributed by atoms with Crippen molar-refractivity contribution in [2.24, 2.45) is 0 Å². The number of nitrogens with one attached hydrogen (secondary N) is 1. The smallest absolute Gasteiger partial charge is 0.251 e. The lowest BCUT2D eigenvalue weighted by Crippen LogP contribution is -2.33. The van der Waals surface area contributed by atoms with Crippen LogP contribution in [-0.2, 0) is 6.42 Å². The van der Waals surface area contributed by atoms with Gasteiger partial charge in [0, 0.05) is 12.0 Å². The maximum Gasteiger partial charge on any atom is 0.251 e. The molecule has 0 radical (unpaired) electrons. The molecular formula is C16H15NO3. The molecule has 2 aromatic rings. The van der Waals surface area contributed by atoms with Crippen molar-refractivity contribution in [1.82, 2.24) is 5.32 Å². The number of hydrogen-bond donors (Lipinski definition) is 3. The molecule has 0 fully saturated rings. The maximum atomic E-state index is 12.2. The van der Waals surface area contributed by atoms with Gasteiger partial charge in [0.2, 0.25) is 0 Å². The van der Waals surface area contributed by atoms with Gasteiger partial charge in [-0.05, 0) is 35.4 Å². The van der Waals surface area contributed by atoms with Crippen molar-refractivity contribution < 1.29 is 15.0 Å². The van der Waals surface area contributed by atoms with Crippen LogP contribution in [0.25, 0.3) is 0 Å². The van der Waals surface area contributed by atoms with Crippen molar-refractivity contribution >= 4 is 5.91 Å². The number of rotatable bonds is 2. The van der Waals surface area contributed by atoms with Gasteiger partial charge in [-0.15, -0.1) is 0 Å². The van der Waals surface area contributed by atoms with Crippen molar-refractivity contribution in [3.8, 4) is 5.75 Å². The summed E-state index contributed by atoms with van der Waals surface area (Å²) >= 11 is 0. The molecule has 0 unspecified atom stereocenters. The number of amides is 1. The Bertz CT molecular complexity index is 636. The Labute approximate surface area is 116 Å². The van der Waals surface area contributed by atoms with E-state index in [4.69, 9.17) is 0 Å². The third kappa shape index (κ3) is 2.26. The van der Waals surface area contributed by atoms with Crippen LogP contribution >= 0.6 is 0 Å². The molecule has 2 atom stereocenters. The van der Waals surface area contributed by atoms with Gasteiger partial charge < -0.3 is 15.5 Å². The first kappa shape index (κ1) is 12.7. The number of aliphatic hydroxyl groups is 1. The zero-order chi connectivity index (χ0) is 14.1. The van der Waals surface area contributed by atoms with E-state index in [0.29, 0.717) is 12.0 Å². The molecule has 20 heavy (non-hydrogen) atoms. The molecule has 102 valence electrons. The average Bonchev–Trinajstić information content (AvgIpc) is 2.76. The van der Waals surface area contributed by atoms with E-state index in [1.54, 1.807) is 12.1 Å². The lowest BCUT2D eigenvalue weighted by atomic mass is 10.1. The summed E-state index contributed by atoms with van der Waals surface area (Å²) in [5, 5.41) is 22.2. The van der Waals surface area contributed by atoms with Crippen LogP contribution in [0.15, 0.2) is 48.5 Å². The fourth-order valence-corrected chi connectivity index (χ4v) is 2.59. The molecular weight excluding hydrogens is 254 g/mol. The first-order valence-corrected chi connectivity index (χ1v) is 6.51. The van der Waals surface area contributed by atoms with Crippen LogP contribution in [0.2, 0.25) is 0 Å². The van der Waals surface area contributed by atoms with Gasteiger partial charge in [-0.1, -0.05) is 24.3 Å². The van der Waals surface area contributed by atoms with E-state index in [1.807, 2.05) is 24.3 Å². The molecule has 4 heteroatoms. The molecule has 0 bridgehead atoms. The van der Waals surface area contributed by atoms with E-state index in [-0.39, 0.29) is 17.7 Å². The molecule has 4 nitrogen and oxygen atoms in total. The number of fused-ring (bicyclic) bond motifs is 1. The van der Waals surface area contributed by atoms with E-state index in [9.17, 15) is 15.0 Å². The molecule has 0 aromatic heterocycles. The second-order valence-corrected chi connectivity index (χ2v) is 4.97. The Morgan fingerprint density at radius 1 is 1.10 bits per heavy atom. The van der Waals surface area contributed by atoms with Crippen molar-refractivity contribution in [3.05, 3.63) is 65.2 Å². The maximum absolute atomic E-state index is 12.2. The largest absolute Gasteiger partial charge is 0.508 e. The second-order valence-electron chi connectivity index (χ2n) is 4.97. The predicted octanol–water partition coefficient (Wildman–Crippen LogP) is 1.78. The van der Waals surface area contributed by atoms with E-state index < -0.39 is 6.10 Å². The molecule has 1 aliphatic rings. The van der Waals surface area contributed by atoms with Crippen molar-refractivity contribution in [3.63, 3.8) is 0 Å². The third-order valence-corrected chi connectivity index (χ3v) is 3.62. The molecule has 3 N–H and O–H groups in total. The summed E-state index contributed by atoms with van der Waals surface area (Å²) in [6.07, 6.45) is -0.0510. The van der Waals surface area contributed by atoms with Gasteiger partial charge in [0.1, 0.15) is 5.75 Å². The van der Waals surface area contributed by atoms with Crippen LogP contribution in [0.1, 0.15) is 27.5 Å². The molecule has 1 amide bonds. The van der Waals surface area contributed by atoms with Gasteiger partial charge in [0.25, 0.3) is 5.91 Å². The fourth-order valence-electron chi connectivity index (χ4n) is 2.59. The number of carbonyl (C=O) groups is 1. The Hall–Kier alpha value is -2.33.